The van der Waals surface area contributed by atoms with Crippen LogP contribution in [0.2, 0.25) is 0 Å². The van der Waals surface area contributed by atoms with Gasteiger partial charge in [-0.2, -0.15) is 13.2 Å². The minimum atomic E-state index is -4.38. The fourth-order valence-corrected chi connectivity index (χ4v) is 1.17. The Kier molecular flexibility index (Phi) is 3.54. The zero-order valence-electron chi connectivity index (χ0n) is 8.75. The molecule has 1 aromatic heterocycles. The highest BCUT2D eigenvalue weighted by Crippen LogP contribution is 2.28. The number of nitrogens with two attached hydrogens (primary N) is 1. The smallest absolute Gasteiger partial charge is 0.394 e. The lowest BCUT2D eigenvalue weighted by Gasteiger charge is -2.21. The van der Waals surface area contributed by atoms with E-state index in [1.54, 1.807) is 6.92 Å². The molecule has 3 nitrogen and oxygen atoms in total. The SMILES string of the molecule is CC(N)(CO)Cc1ccc(C(F)(F)F)cn1. The number of halogens is 3. The fraction of sp³-hybridized carbons (Fsp3) is 0.500. The Hall–Kier alpha value is -1.14. The van der Waals surface area contributed by atoms with Crippen molar-refractivity contribution >= 4 is 0 Å². The molecular formula is C10H13F3N2O. The largest absolute Gasteiger partial charge is 0.417 e. The highest BCUT2D eigenvalue weighted by molar-refractivity contribution is 5.18. The second-order valence-electron chi connectivity index (χ2n) is 4.02. The first-order chi connectivity index (χ1) is 7.24. The van der Waals surface area contributed by atoms with Gasteiger partial charge in [0.05, 0.1) is 12.2 Å². The van der Waals surface area contributed by atoms with Gasteiger partial charge in [-0.25, -0.2) is 0 Å². The molecular weight excluding hydrogens is 221 g/mol. The highest BCUT2D eigenvalue weighted by atomic mass is 19.4. The maximum Gasteiger partial charge on any atom is 0.417 e. The Labute approximate surface area is 91.1 Å². The van der Waals surface area contributed by atoms with Crippen molar-refractivity contribution in [1.29, 1.82) is 0 Å². The molecule has 0 aliphatic carbocycles. The van der Waals surface area contributed by atoms with E-state index >= 15 is 0 Å². The molecule has 0 aliphatic rings. The van der Waals surface area contributed by atoms with Gasteiger partial charge in [0, 0.05) is 23.9 Å². The van der Waals surface area contributed by atoms with E-state index in [1.165, 1.54) is 6.07 Å². The van der Waals surface area contributed by atoms with Gasteiger partial charge in [-0.15, -0.1) is 0 Å². The maximum absolute atomic E-state index is 12.2. The number of alkyl halides is 3. The molecule has 16 heavy (non-hydrogen) atoms. The zero-order chi connectivity index (χ0) is 12.4. The van der Waals surface area contributed by atoms with Gasteiger partial charge < -0.3 is 10.8 Å². The summed E-state index contributed by atoms with van der Waals surface area (Å²) in [5, 5.41) is 8.91. The Bertz CT molecular complexity index is 346. The molecule has 0 saturated carbocycles. The van der Waals surface area contributed by atoms with Crippen LogP contribution in [0.3, 0.4) is 0 Å². The summed E-state index contributed by atoms with van der Waals surface area (Å²) in [5.74, 6) is 0. The van der Waals surface area contributed by atoms with Crippen LogP contribution in [0, 0.1) is 0 Å². The monoisotopic (exact) mass is 234 g/mol. The van der Waals surface area contributed by atoms with Gasteiger partial charge in [0.1, 0.15) is 0 Å². The lowest BCUT2D eigenvalue weighted by atomic mass is 9.98. The number of nitrogens with zero attached hydrogens (tertiary/aromatic N) is 1. The van der Waals surface area contributed by atoms with Gasteiger partial charge >= 0.3 is 6.18 Å². The third-order valence-corrected chi connectivity index (χ3v) is 2.10. The van der Waals surface area contributed by atoms with Crippen LogP contribution in [0.5, 0.6) is 0 Å². The van der Waals surface area contributed by atoms with Crippen LogP contribution in [-0.4, -0.2) is 22.2 Å². The maximum atomic E-state index is 12.2. The number of aliphatic hydroxyl groups is 1. The number of hydrogen-bond acceptors (Lipinski definition) is 3. The van der Waals surface area contributed by atoms with Crippen LogP contribution >= 0.6 is 0 Å². The lowest BCUT2D eigenvalue weighted by molar-refractivity contribution is -0.137. The number of pyridine rings is 1. The summed E-state index contributed by atoms with van der Waals surface area (Å²) in [4.78, 5) is 3.67. The molecule has 6 heteroatoms. The van der Waals surface area contributed by atoms with E-state index in [1.807, 2.05) is 0 Å². The molecule has 1 rings (SSSR count). The Balaban J connectivity index is 2.80. The van der Waals surface area contributed by atoms with Gasteiger partial charge in [-0.3, -0.25) is 4.98 Å². The predicted octanol–water partition coefficient (Wildman–Crippen LogP) is 1.35. The van der Waals surface area contributed by atoms with Crippen LogP contribution in [0.1, 0.15) is 18.2 Å². The first-order valence-corrected chi connectivity index (χ1v) is 4.66. The van der Waals surface area contributed by atoms with E-state index in [0.717, 1.165) is 12.3 Å². The highest BCUT2D eigenvalue weighted by Gasteiger charge is 2.30. The molecule has 0 aromatic carbocycles. The van der Waals surface area contributed by atoms with E-state index < -0.39 is 17.3 Å². The molecule has 0 aliphatic heterocycles. The second-order valence-corrected chi connectivity index (χ2v) is 4.02. The van der Waals surface area contributed by atoms with E-state index in [0.29, 0.717) is 5.69 Å². The van der Waals surface area contributed by atoms with E-state index in [-0.39, 0.29) is 13.0 Å². The third kappa shape index (κ3) is 3.46. The van der Waals surface area contributed by atoms with Crippen molar-refractivity contribution in [3.05, 3.63) is 29.6 Å². The van der Waals surface area contributed by atoms with Crippen molar-refractivity contribution in [1.82, 2.24) is 4.98 Å². The summed E-state index contributed by atoms with van der Waals surface area (Å²) in [6.07, 6.45) is -3.39. The first kappa shape index (κ1) is 12.9. The number of aromatic nitrogens is 1. The van der Waals surface area contributed by atoms with E-state index in [9.17, 15) is 13.2 Å². The topological polar surface area (TPSA) is 59.1 Å². The van der Waals surface area contributed by atoms with E-state index in [4.69, 9.17) is 10.8 Å². The Morgan fingerprint density at radius 1 is 1.38 bits per heavy atom. The Morgan fingerprint density at radius 3 is 2.38 bits per heavy atom. The number of rotatable bonds is 3. The van der Waals surface area contributed by atoms with Crippen LogP contribution in [0.15, 0.2) is 18.3 Å². The van der Waals surface area contributed by atoms with Crippen LogP contribution in [-0.2, 0) is 12.6 Å². The molecule has 0 bridgehead atoms. The van der Waals surface area contributed by atoms with Gasteiger partial charge in [0.15, 0.2) is 0 Å². The Morgan fingerprint density at radius 2 is 2.00 bits per heavy atom. The number of hydrogen-bond donors (Lipinski definition) is 2. The van der Waals surface area contributed by atoms with Crippen molar-refractivity contribution in [2.45, 2.75) is 25.1 Å². The molecule has 0 spiro atoms. The molecule has 1 atom stereocenters. The molecule has 1 heterocycles. The van der Waals surface area contributed by atoms with Gasteiger partial charge in [-0.1, -0.05) is 0 Å². The van der Waals surface area contributed by atoms with Crippen LogP contribution < -0.4 is 5.73 Å². The molecule has 1 aromatic rings. The van der Waals surface area contributed by atoms with Crippen LogP contribution in [0.4, 0.5) is 13.2 Å². The standard InChI is InChI=1S/C10H13F3N2O/c1-9(14,6-16)4-8-3-2-7(5-15-8)10(11,12)13/h2-3,5,16H,4,6,14H2,1H3. The minimum absolute atomic E-state index is 0.224. The molecule has 1 unspecified atom stereocenters. The van der Waals surface area contributed by atoms with Gasteiger partial charge in [0.2, 0.25) is 0 Å². The van der Waals surface area contributed by atoms with Crippen LogP contribution in [0.25, 0.3) is 0 Å². The summed E-state index contributed by atoms with van der Waals surface area (Å²) in [6, 6.07) is 2.22. The van der Waals surface area contributed by atoms with E-state index in [2.05, 4.69) is 4.98 Å². The minimum Gasteiger partial charge on any atom is -0.394 e. The summed E-state index contributed by atoms with van der Waals surface area (Å²) >= 11 is 0. The quantitative estimate of drug-likeness (QED) is 0.830. The fourth-order valence-electron chi connectivity index (χ4n) is 1.17. The van der Waals surface area contributed by atoms with Gasteiger partial charge in [-0.05, 0) is 19.1 Å². The summed E-state index contributed by atoms with van der Waals surface area (Å²) in [5.41, 5.74) is 4.42. The summed E-state index contributed by atoms with van der Waals surface area (Å²) < 4.78 is 36.7. The first-order valence-electron chi connectivity index (χ1n) is 4.66. The molecule has 0 saturated heterocycles. The summed E-state index contributed by atoms with van der Waals surface area (Å²) in [6.45, 7) is 1.35. The van der Waals surface area contributed by atoms with Crippen molar-refractivity contribution in [2.75, 3.05) is 6.61 Å². The predicted molar refractivity (Wildman–Crippen MR) is 52.6 cm³/mol. The molecule has 0 amide bonds. The summed E-state index contributed by atoms with van der Waals surface area (Å²) in [7, 11) is 0. The second kappa shape index (κ2) is 4.39. The molecule has 0 radical (unpaired) electrons. The third-order valence-electron chi connectivity index (χ3n) is 2.10. The van der Waals surface area contributed by atoms with Gasteiger partial charge in [0.25, 0.3) is 0 Å². The molecule has 3 N–H and O–H groups in total. The normalized spacial score (nSPS) is 15.9. The average Bonchev–Trinajstić information content (AvgIpc) is 2.16. The number of aliphatic hydroxyl groups excluding tert-OH is 1. The van der Waals surface area contributed by atoms with Crippen molar-refractivity contribution in [3.63, 3.8) is 0 Å². The van der Waals surface area contributed by atoms with Crippen molar-refractivity contribution in [2.24, 2.45) is 5.73 Å². The van der Waals surface area contributed by atoms with Crippen molar-refractivity contribution < 1.29 is 18.3 Å². The molecule has 90 valence electrons. The molecule has 0 fully saturated rings. The lowest BCUT2D eigenvalue weighted by Crippen LogP contribution is -2.42. The average molecular weight is 234 g/mol. The zero-order valence-corrected chi connectivity index (χ0v) is 8.75. The van der Waals surface area contributed by atoms with Crippen molar-refractivity contribution in [3.8, 4) is 0 Å².